The summed E-state index contributed by atoms with van der Waals surface area (Å²) in [7, 11) is 0. The number of amides is 2. The molecule has 0 aromatic heterocycles. The minimum absolute atomic E-state index is 0.0445. The number of rotatable bonds is 3. The lowest BCUT2D eigenvalue weighted by Crippen LogP contribution is -2.32. The number of aryl methyl sites for hydroxylation is 1. The molecule has 1 aliphatic rings. The van der Waals surface area contributed by atoms with E-state index in [9.17, 15) is 14.4 Å². The number of carboxylic acids is 1. The van der Waals surface area contributed by atoms with Crippen LogP contribution in [0.2, 0.25) is 0 Å². The third-order valence-electron chi connectivity index (χ3n) is 2.95. The normalized spacial score (nSPS) is 15.1. The van der Waals surface area contributed by atoms with Gasteiger partial charge in [-0.1, -0.05) is 12.1 Å². The molecule has 0 spiro atoms. The fraction of sp³-hybridized carbons (Fsp3) is 0.308. The van der Waals surface area contributed by atoms with Gasteiger partial charge < -0.3 is 15.7 Å². The highest BCUT2D eigenvalue weighted by Gasteiger charge is 2.23. The smallest absolute Gasteiger partial charge is 0.330 e. The Morgan fingerprint density at radius 1 is 1.37 bits per heavy atom. The third kappa shape index (κ3) is 2.90. The zero-order chi connectivity index (χ0) is 14.0. The summed E-state index contributed by atoms with van der Waals surface area (Å²) in [6, 6.07) is 3.91. The molecule has 19 heavy (non-hydrogen) atoms. The largest absolute Gasteiger partial charge is 0.479 e. The minimum Gasteiger partial charge on any atom is -0.479 e. The number of anilines is 1. The fourth-order valence-corrected chi connectivity index (χ4v) is 2.07. The standard InChI is InChI=1S/C13H14N2O4/c1-7(16)14-12(13(18)19)9-2-4-10-8(6-9)3-5-11(17)15-10/h2,4,6,12H,3,5H2,1H3,(H,14,16)(H,15,17)(H,18,19). The molecule has 0 fully saturated rings. The highest BCUT2D eigenvalue weighted by molar-refractivity contribution is 5.94. The monoisotopic (exact) mass is 262 g/mol. The van der Waals surface area contributed by atoms with Gasteiger partial charge >= 0.3 is 5.97 Å². The van der Waals surface area contributed by atoms with E-state index in [0.29, 0.717) is 24.1 Å². The molecular weight excluding hydrogens is 248 g/mol. The van der Waals surface area contributed by atoms with Crippen molar-refractivity contribution in [2.24, 2.45) is 0 Å². The van der Waals surface area contributed by atoms with Crippen molar-refractivity contribution in [2.45, 2.75) is 25.8 Å². The predicted octanol–water partition coefficient (Wildman–Crippen LogP) is 0.833. The van der Waals surface area contributed by atoms with Crippen molar-refractivity contribution in [3.05, 3.63) is 29.3 Å². The quantitative estimate of drug-likeness (QED) is 0.752. The van der Waals surface area contributed by atoms with Gasteiger partial charge in [-0.3, -0.25) is 9.59 Å². The maximum Gasteiger partial charge on any atom is 0.330 e. The van der Waals surface area contributed by atoms with Crippen molar-refractivity contribution in [3.8, 4) is 0 Å². The lowest BCUT2D eigenvalue weighted by molar-refractivity contribution is -0.141. The summed E-state index contributed by atoms with van der Waals surface area (Å²) in [4.78, 5) is 33.4. The maximum absolute atomic E-state index is 11.2. The molecule has 6 heteroatoms. The first-order valence-corrected chi connectivity index (χ1v) is 5.90. The van der Waals surface area contributed by atoms with Gasteiger partial charge in [-0.05, 0) is 23.6 Å². The van der Waals surface area contributed by atoms with Crippen LogP contribution in [0.15, 0.2) is 18.2 Å². The molecule has 1 aliphatic heterocycles. The van der Waals surface area contributed by atoms with Gasteiger partial charge in [-0.2, -0.15) is 0 Å². The summed E-state index contributed by atoms with van der Waals surface area (Å²) in [5, 5.41) is 14.2. The molecule has 0 bridgehead atoms. The van der Waals surface area contributed by atoms with Crippen molar-refractivity contribution in [1.29, 1.82) is 0 Å². The highest BCUT2D eigenvalue weighted by atomic mass is 16.4. The van der Waals surface area contributed by atoms with Crippen molar-refractivity contribution < 1.29 is 19.5 Å². The van der Waals surface area contributed by atoms with E-state index in [4.69, 9.17) is 5.11 Å². The number of hydrogen-bond acceptors (Lipinski definition) is 3. The molecule has 0 radical (unpaired) electrons. The molecule has 3 N–H and O–H groups in total. The second-order valence-electron chi connectivity index (χ2n) is 4.44. The number of nitrogens with one attached hydrogen (secondary N) is 2. The van der Waals surface area contributed by atoms with Crippen LogP contribution in [0.4, 0.5) is 5.69 Å². The van der Waals surface area contributed by atoms with Crippen molar-refractivity contribution in [3.63, 3.8) is 0 Å². The summed E-state index contributed by atoms with van der Waals surface area (Å²) < 4.78 is 0. The Hall–Kier alpha value is -2.37. The Kier molecular flexibility index (Phi) is 3.50. The van der Waals surface area contributed by atoms with Gasteiger partial charge in [0, 0.05) is 19.0 Å². The van der Waals surface area contributed by atoms with E-state index in [1.54, 1.807) is 18.2 Å². The summed E-state index contributed by atoms with van der Waals surface area (Å²) in [5.41, 5.74) is 2.08. The second kappa shape index (κ2) is 5.09. The third-order valence-corrected chi connectivity index (χ3v) is 2.95. The molecule has 100 valence electrons. The number of aliphatic carboxylic acids is 1. The molecule has 1 unspecified atom stereocenters. The first kappa shape index (κ1) is 13.1. The summed E-state index contributed by atoms with van der Waals surface area (Å²) in [5.74, 6) is -1.56. The summed E-state index contributed by atoms with van der Waals surface area (Å²) in [6.45, 7) is 1.27. The Bertz CT molecular complexity index is 554. The molecule has 2 rings (SSSR count). The zero-order valence-electron chi connectivity index (χ0n) is 10.4. The van der Waals surface area contributed by atoms with E-state index in [-0.39, 0.29) is 5.91 Å². The number of fused-ring (bicyclic) bond motifs is 1. The van der Waals surface area contributed by atoms with Crippen molar-refractivity contribution in [1.82, 2.24) is 5.32 Å². The number of hydrogen-bond donors (Lipinski definition) is 3. The van der Waals surface area contributed by atoms with Gasteiger partial charge in [0.15, 0.2) is 6.04 Å². The van der Waals surface area contributed by atoms with E-state index in [1.807, 2.05) is 0 Å². The fourth-order valence-electron chi connectivity index (χ4n) is 2.07. The molecule has 1 aromatic rings. The van der Waals surface area contributed by atoms with E-state index < -0.39 is 17.9 Å². The molecule has 1 heterocycles. The number of carbonyl (C=O) groups is 3. The summed E-state index contributed by atoms with van der Waals surface area (Å²) in [6.07, 6.45) is 0.954. The zero-order valence-corrected chi connectivity index (χ0v) is 10.4. The first-order chi connectivity index (χ1) is 8.97. The Morgan fingerprint density at radius 2 is 2.11 bits per heavy atom. The van der Waals surface area contributed by atoms with Gasteiger partial charge in [0.1, 0.15) is 0 Å². The van der Waals surface area contributed by atoms with E-state index in [0.717, 1.165) is 5.56 Å². The van der Waals surface area contributed by atoms with E-state index in [2.05, 4.69) is 10.6 Å². The van der Waals surface area contributed by atoms with E-state index >= 15 is 0 Å². The Balaban J connectivity index is 2.31. The SMILES string of the molecule is CC(=O)NC(C(=O)O)c1ccc2c(c1)CCC(=O)N2. The van der Waals surface area contributed by atoms with Crippen molar-refractivity contribution >= 4 is 23.5 Å². The van der Waals surface area contributed by atoms with Crippen LogP contribution < -0.4 is 10.6 Å². The molecule has 0 aliphatic carbocycles. The van der Waals surface area contributed by atoms with Crippen LogP contribution in [0.5, 0.6) is 0 Å². The van der Waals surface area contributed by atoms with Gasteiger partial charge in [0.2, 0.25) is 11.8 Å². The average molecular weight is 262 g/mol. The lowest BCUT2D eigenvalue weighted by atomic mass is 9.97. The molecule has 2 amide bonds. The molecule has 1 aromatic carbocycles. The molecule has 0 saturated heterocycles. The van der Waals surface area contributed by atoms with Crippen LogP contribution in [-0.2, 0) is 20.8 Å². The number of carbonyl (C=O) groups excluding carboxylic acids is 2. The van der Waals surface area contributed by atoms with Gasteiger partial charge in [0.05, 0.1) is 0 Å². The number of benzene rings is 1. The van der Waals surface area contributed by atoms with Gasteiger partial charge in [0.25, 0.3) is 0 Å². The van der Waals surface area contributed by atoms with Crippen LogP contribution in [0, 0.1) is 0 Å². The maximum atomic E-state index is 11.2. The predicted molar refractivity (Wildman–Crippen MR) is 67.6 cm³/mol. The minimum atomic E-state index is -1.12. The topological polar surface area (TPSA) is 95.5 Å². The van der Waals surface area contributed by atoms with E-state index in [1.165, 1.54) is 6.92 Å². The second-order valence-corrected chi connectivity index (χ2v) is 4.44. The molecule has 6 nitrogen and oxygen atoms in total. The van der Waals surface area contributed by atoms with Crippen LogP contribution in [0.3, 0.4) is 0 Å². The number of carboxylic acid groups (broad SMARTS) is 1. The Labute approximate surface area is 109 Å². The van der Waals surface area contributed by atoms with Gasteiger partial charge in [-0.15, -0.1) is 0 Å². The molecule has 1 atom stereocenters. The molecule has 0 saturated carbocycles. The molecular formula is C13H14N2O4. The highest BCUT2D eigenvalue weighted by Crippen LogP contribution is 2.26. The van der Waals surface area contributed by atoms with Crippen LogP contribution in [-0.4, -0.2) is 22.9 Å². The van der Waals surface area contributed by atoms with Gasteiger partial charge in [-0.25, -0.2) is 4.79 Å². The van der Waals surface area contributed by atoms with Crippen LogP contribution in [0.1, 0.15) is 30.5 Å². The lowest BCUT2D eigenvalue weighted by Gasteiger charge is -2.20. The summed E-state index contributed by atoms with van der Waals surface area (Å²) >= 11 is 0. The van der Waals surface area contributed by atoms with Crippen LogP contribution in [0.25, 0.3) is 0 Å². The average Bonchev–Trinajstić information content (AvgIpc) is 2.35. The van der Waals surface area contributed by atoms with Crippen LogP contribution >= 0.6 is 0 Å². The van der Waals surface area contributed by atoms with Crippen molar-refractivity contribution in [2.75, 3.05) is 5.32 Å². The first-order valence-electron chi connectivity index (χ1n) is 5.90. The Morgan fingerprint density at radius 3 is 2.74 bits per heavy atom.